The van der Waals surface area contributed by atoms with Gasteiger partial charge in [0.1, 0.15) is 23.7 Å². The second-order valence-corrected chi connectivity index (χ2v) is 12.7. The van der Waals surface area contributed by atoms with Gasteiger partial charge in [0.2, 0.25) is 0 Å². The number of alkyl carbamates (subject to hydrolysis) is 1. The molecule has 252 valence electrons. The predicted octanol–water partition coefficient (Wildman–Crippen LogP) is 9.32. The van der Waals surface area contributed by atoms with Crippen LogP contribution in [-0.4, -0.2) is 33.5 Å². The van der Waals surface area contributed by atoms with Crippen molar-refractivity contribution in [3.05, 3.63) is 155 Å². The van der Waals surface area contributed by atoms with E-state index in [-0.39, 0.29) is 18.6 Å². The van der Waals surface area contributed by atoms with Crippen molar-refractivity contribution in [1.29, 1.82) is 0 Å². The number of hydrogen-bond donors (Lipinski definition) is 1. The van der Waals surface area contributed by atoms with Crippen LogP contribution in [-0.2, 0) is 28.1 Å². The van der Waals surface area contributed by atoms with Crippen LogP contribution in [0.5, 0.6) is 11.5 Å². The summed E-state index contributed by atoms with van der Waals surface area (Å²) in [5.74, 6) is 1.87. The number of hydrogen-bond acceptors (Lipinski definition) is 5. The van der Waals surface area contributed by atoms with Crippen molar-refractivity contribution < 1.29 is 23.7 Å². The van der Waals surface area contributed by atoms with Crippen molar-refractivity contribution in [1.82, 2.24) is 5.32 Å². The molecule has 1 aliphatic carbocycles. The Morgan fingerprint density at radius 1 is 0.714 bits per heavy atom. The molecule has 5 aromatic rings. The van der Waals surface area contributed by atoms with Crippen molar-refractivity contribution >= 4 is 6.09 Å². The van der Waals surface area contributed by atoms with E-state index in [0.717, 1.165) is 59.4 Å². The number of methoxy groups -OCH3 is 2. The highest BCUT2D eigenvalue weighted by molar-refractivity contribution is 5.78. The van der Waals surface area contributed by atoms with Gasteiger partial charge in [-0.25, -0.2) is 4.79 Å². The Morgan fingerprint density at radius 3 is 2.00 bits per heavy atom. The van der Waals surface area contributed by atoms with Crippen LogP contribution in [0.1, 0.15) is 59.6 Å². The molecule has 1 amide bonds. The van der Waals surface area contributed by atoms with Gasteiger partial charge in [0.15, 0.2) is 0 Å². The zero-order valence-corrected chi connectivity index (χ0v) is 28.6. The first-order valence-corrected chi connectivity index (χ1v) is 17.1. The van der Waals surface area contributed by atoms with Crippen molar-refractivity contribution in [2.45, 2.75) is 44.8 Å². The lowest BCUT2D eigenvalue weighted by molar-refractivity contribution is -0.00692. The molecule has 5 aromatic carbocycles. The molecule has 0 bridgehead atoms. The molecule has 0 saturated heterocycles. The summed E-state index contributed by atoms with van der Waals surface area (Å²) in [5.41, 5.74) is 8.40. The fourth-order valence-corrected chi connectivity index (χ4v) is 6.79. The minimum atomic E-state index is -0.832. The van der Waals surface area contributed by atoms with Crippen LogP contribution in [0.2, 0.25) is 0 Å². The van der Waals surface area contributed by atoms with Gasteiger partial charge in [-0.3, -0.25) is 0 Å². The highest BCUT2D eigenvalue weighted by Gasteiger charge is 2.38. The van der Waals surface area contributed by atoms with Crippen molar-refractivity contribution in [3.63, 3.8) is 0 Å². The molecule has 1 N–H and O–H groups in total. The predicted molar refractivity (Wildman–Crippen MR) is 194 cm³/mol. The van der Waals surface area contributed by atoms with E-state index in [1.165, 1.54) is 22.3 Å². The van der Waals surface area contributed by atoms with Crippen molar-refractivity contribution in [2.75, 3.05) is 27.4 Å². The van der Waals surface area contributed by atoms with Gasteiger partial charge in [0, 0.05) is 6.54 Å². The lowest BCUT2D eigenvalue weighted by atomic mass is 9.80. The summed E-state index contributed by atoms with van der Waals surface area (Å²) in [7, 11) is 3.35. The normalized spacial score (nSPS) is 12.5. The van der Waals surface area contributed by atoms with Crippen LogP contribution >= 0.6 is 0 Å². The fourth-order valence-electron chi connectivity index (χ4n) is 6.79. The maximum Gasteiger partial charge on any atom is 0.407 e. The van der Waals surface area contributed by atoms with E-state index in [1.54, 1.807) is 14.2 Å². The van der Waals surface area contributed by atoms with E-state index in [2.05, 4.69) is 85.0 Å². The third-order valence-corrected chi connectivity index (χ3v) is 9.46. The molecule has 1 atom stereocenters. The number of rotatable bonds is 15. The van der Waals surface area contributed by atoms with Crippen LogP contribution in [0, 0.1) is 5.92 Å². The number of carbonyl (C=O) groups excluding carboxylic acids is 1. The fraction of sp³-hybridized carbons (Fsp3) is 0.279. The maximum atomic E-state index is 12.6. The lowest BCUT2D eigenvalue weighted by Crippen LogP contribution is -2.34. The average Bonchev–Trinajstić information content (AvgIpc) is 3.54. The first-order chi connectivity index (χ1) is 24.0. The van der Waals surface area contributed by atoms with E-state index in [1.807, 2.05) is 48.5 Å². The topological polar surface area (TPSA) is 66.0 Å². The zero-order chi connectivity index (χ0) is 34.1. The molecule has 0 saturated carbocycles. The van der Waals surface area contributed by atoms with Crippen molar-refractivity contribution in [3.8, 4) is 22.6 Å². The number of fused-ring (bicyclic) bond motifs is 3. The minimum absolute atomic E-state index is 0.267. The number of amides is 1. The van der Waals surface area contributed by atoms with E-state index in [9.17, 15) is 4.79 Å². The Hall–Kier alpha value is -5.07. The van der Waals surface area contributed by atoms with E-state index >= 15 is 0 Å². The number of carbonyl (C=O) groups is 1. The Balaban J connectivity index is 1.03. The largest absolute Gasteiger partial charge is 0.497 e. The summed E-state index contributed by atoms with van der Waals surface area (Å²) in [6, 6.07) is 41.3. The first-order valence-electron chi connectivity index (χ1n) is 17.1. The van der Waals surface area contributed by atoms with Crippen LogP contribution in [0.25, 0.3) is 11.1 Å². The highest BCUT2D eigenvalue weighted by atomic mass is 16.5. The van der Waals surface area contributed by atoms with Gasteiger partial charge in [0.25, 0.3) is 0 Å². The standard InChI is InChI=1S/C43H45NO5/c1-31(12-9-10-27-44-42(45)48-30-33-14-11-18-40-39-17-8-7-13-32(39)28-41(33)40)29-49-43(34-15-5-4-6-16-34,35-19-23-37(46-2)24-20-35)36-21-25-38(47-3)26-22-36/h4-8,11,13-26,31H,9-10,12,27-30H2,1-3H3,(H,44,45). The Kier molecular flexibility index (Phi) is 11.0. The van der Waals surface area contributed by atoms with Crippen LogP contribution in [0.3, 0.4) is 0 Å². The van der Waals surface area contributed by atoms with Gasteiger partial charge in [0.05, 0.1) is 20.8 Å². The van der Waals surface area contributed by atoms with E-state index in [4.69, 9.17) is 18.9 Å². The number of benzene rings is 5. The quantitative estimate of drug-likeness (QED) is 0.0883. The van der Waals surface area contributed by atoms with E-state index in [0.29, 0.717) is 13.2 Å². The molecule has 1 unspecified atom stereocenters. The Bertz CT molecular complexity index is 1770. The Labute approximate surface area is 290 Å². The van der Waals surface area contributed by atoms with Gasteiger partial charge in [-0.2, -0.15) is 0 Å². The molecular weight excluding hydrogens is 610 g/mol. The summed E-state index contributed by atoms with van der Waals surface area (Å²) in [6.45, 7) is 3.60. The maximum absolute atomic E-state index is 12.6. The molecule has 49 heavy (non-hydrogen) atoms. The van der Waals surface area contributed by atoms with E-state index < -0.39 is 5.60 Å². The monoisotopic (exact) mass is 655 g/mol. The first kappa shape index (κ1) is 33.8. The average molecular weight is 656 g/mol. The molecule has 6 nitrogen and oxygen atoms in total. The smallest absolute Gasteiger partial charge is 0.407 e. The number of nitrogens with one attached hydrogen (secondary N) is 1. The summed E-state index contributed by atoms with van der Waals surface area (Å²) < 4.78 is 23.6. The number of ether oxygens (including phenoxy) is 4. The van der Waals surface area contributed by atoms with Gasteiger partial charge in [-0.05, 0) is 94.0 Å². The molecule has 6 rings (SSSR count). The summed E-state index contributed by atoms with van der Waals surface area (Å²) in [6.07, 6.45) is 3.27. The van der Waals surface area contributed by atoms with Gasteiger partial charge in [-0.1, -0.05) is 110 Å². The molecule has 0 aliphatic heterocycles. The SMILES string of the molecule is COc1ccc(C(OCC(C)CCCCNC(=O)OCc2cccc3c2Cc2ccccc2-3)(c2ccccc2)c2ccc(OC)cc2)cc1. The summed E-state index contributed by atoms with van der Waals surface area (Å²) in [4.78, 5) is 12.6. The van der Waals surface area contributed by atoms with Crippen LogP contribution < -0.4 is 14.8 Å². The second kappa shape index (κ2) is 15.9. The zero-order valence-electron chi connectivity index (χ0n) is 28.6. The third kappa shape index (κ3) is 7.65. The van der Waals surface area contributed by atoms with Gasteiger partial charge >= 0.3 is 6.09 Å². The summed E-state index contributed by atoms with van der Waals surface area (Å²) >= 11 is 0. The van der Waals surface area contributed by atoms with Crippen LogP contribution in [0.15, 0.2) is 121 Å². The van der Waals surface area contributed by atoms with Crippen molar-refractivity contribution in [2.24, 2.45) is 5.92 Å². The highest BCUT2D eigenvalue weighted by Crippen LogP contribution is 2.42. The molecule has 1 aliphatic rings. The van der Waals surface area contributed by atoms with Gasteiger partial charge in [-0.15, -0.1) is 0 Å². The molecule has 0 heterocycles. The molecule has 0 spiro atoms. The molecule has 0 aromatic heterocycles. The molecular formula is C43H45NO5. The molecule has 0 radical (unpaired) electrons. The Morgan fingerprint density at radius 2 is 1.33 bits per heavy atom. The summed E-state index contributed by atoms with van der Waals surface area (Å²) in [5, 5.41) is 2.94. The number of unbranched alkanes of at least 4 members (excludes halogenated alkanes) is 1. The molecule has 6 heteroatoms. The minimum Gasteiger partial charge on any atom is -0.497 e. The molecule has 0 fully saturated rings. The second-order valence-electron chi connectivity index (χ2n) is 12.7. The lowest BCUT2D eigenvalue weighted by Gasteiger charge is -2.37. The van der Waals surface area contributed by atoms with Gasteiger partial charge < -0.3 is 24.3 Å². The third-order valence-electron chi connectivity index (χ3n) is 9.46. The van der Waals surface area contributed by atoms with Crippen LogP contribution in [0.4, 0.5) is 4.79 Å².